The van der Waals surface area contributed by atoms with Gasteiger partial charge in [-0.25, -0.2) is 0 Å². The first-order valence-electron chi connectivity index (χ1n) is 4.99. The van der Waals surface area contributed by atoms with Gasteiger partial charge in [0.25, 0.3) is 0 Å². The van der Waals surface area contributed by atoms with E-state index in [4.69, 9.17) is 10.5 Å². The van der Waals surface area contributed by atoms with Gasteiger partial charge >= 0.3 is 0 Å². The molecule has 1 aliphatic heterocycles. The summed E-state index contributed by atoms with van der Waals surface area (Å²) in [6, 6.07) is 7.79. The fourth-order valence-electron chi connectivity index (χ4n) is 1.61. The summed E-state index contributed by atoms with van der Waals surface area (Å²) in [5.41, 5.74) is 8.22. The van der Waals surface area contributed by atoms with Gasteiger partial charge in [0, 0.05) is 13.1 Å². The maximum Gasteiger partial charge on any atom is 0.119 e. The monoisotopic (exact) mass is 191 g/mol. The van der Waals surface area contributed by atoms with Gasteiger partial charge in [-0.3, -0.25) is 5.73 Å². The largest absolute Gasteiger partial charge is 0.489 e. The zero-order valence-electron chi connectivity index (χ0n) is 8.12. The number of rotatable bonds is 3. The van der Waals surface area contributed by atoms with Crippen LogP contribution in [-0.2, 0) is 6.54 Å². The summed E-state index contributed by atoms with van der Waals surface area (Å²) in [5, 5.41) is 3.26. The molecule has 2 N–H and O–H groups in total. The zero-order chi connectivity index (χ0) is 9.80. The lowest BCUT2D eigenvalue weighted by atomic mass is 10.2. The van der Waals surface area contributed by atoms with Crippen molar-refractivity contribution < 1.29 is 4.74 Å². The molecule has 0 saturated carbocycles. The van der Waals surface area contributed by atoms with E-state index in [1.54, 1.807) is 0 Å². The van der Waals surface area contributed by atoms with E-state index in [1.165, 1.54) is 0 Å². The molecule has 3 heteroatoms. The quantitative estimate of drug-likeness (QED) is 0.780. The molecule has 1 aromatic rings. The van der Waals surface area contributed by atoms with E-state index in [0.29, 0.717) is 12.6 Å². The standard InChI is InChI=1S/C11H15N2O/c12-7-9-1-3-10(4-2-9)14-11-5-6-13-8-11/h1-4,11-13H,5-8H2. The van der Waals surface area contributed by atoms with Crippen LogP contribution < -0.4 is 15.8 Å². The van der Waals surface area contributed by atoms with E-state index in [0.717, 1.165) is 30.8 Å². The zero-order valence-corrected chi connectivity index (χ0v) is 8.12. The van der Waals surface area contributed by atoms with Crippen molar-refractivity contribution >= 4 is 0 Å². The molecule has 2 rings (SSSR count). The fourth-order valence-corrected chi connectivity index (χ4v) is 1.61. The van der Waals surface area contributed by atoms with Crippen molar-refractivity contribution in [3.05, 3.63) is 29.8 Å². The van der Waals surface area contributed by atoms with Gasteiger partial charge in [0.2, 0.25) is 0 Å². The molecule has 1 aliphatic rings. The molecule has 1 heterocycles. The van der Waals surface area contributed by atoms with Gasteiger partial charge in [0.05, 0.1) is 0 Å². The Balaban J connectivity index is 1.95. The van der Waals surface area contributed by atoms with Crippen LogP contribution in [-0.4, -0.2) is 19.2 Å². The summed E-state index contributed by atoms with van der Waals surface area (Å²) in [5.74, 6) is 0.913. The second kappa shape index (κ2) is 4.44. The summed E-state index contributed by atoms with van der Waals surface area (Å²) in [6.45, 7) is 2.33. The molecule has 0 amide bonds. The molecule has 1 radical (unpaired) electrons. The van der Waals surface area contributed by atoms with Crippen molar-refractivity contribution in [2.24, 2.45) is 0 Å². The Morgan fingerprint density at radius 3 is 2.71 bits per heavy atom. The average molecular weight is 191 g/mol. The Morgan fingerprint density at radius 2 is 2.14 bits per heavy atom. The van der Waals surface area contributed by atoms with Gasteiger partial charge in [0.15, 0.2) is 0 Å². The Morgan fingerprint density at radius 1 is 1.36 bits per heavy atom. The Hall–Kier alpha value is -1.06. The smallest absolute Gasteiger partial charge is 0.119 e. The van der Waals surface area contributed by atoms with E-state index in [-0.39, 0.29) is 0 Å². The summed E-state index contributed by atoms with van der Waals surface area (Å²) in [4.78, 5) is 0. The lowest BCUT2D eigenvalue weighted by molar-refractivity contribution is 0.223. The molecule has 3 nitrogen and oxygen atoms in total. The normalized spacial score (nSPS) is 21.1. The minimum absolute atomic E-state index is 0.317. The summed E-state index contributed by atoms with van der Waals surface area (Å²) >= 11 is 0. The lowest BCUT2D eigenvalue weighted by Gasteiger charge is -2.12. The van der Waals surface area contributed by atoms with Crippen molar-refractivity contribution in [1.29, 1.82) is 0 Å². The van der Waals surface area contributed by atoms with Crippen molar-refractivity contribution in [2.75, 3.05) is 13.1 Å². The summed E-state index contributed by atoms with van der Waals surface area (Å²) < 4.78 is 5.75. The Kier molecular flexibility index (Phi) is 3.01. The highest BCUT2D eigenvalue weighted by Crippen LogP contribution is 2.15. The van der Waals surface area contributed by atoms with Gasteiger partial charge in [-0.2, -0.15) is 0 Å². The molecule has 0 bridgehead atoms. The molecule has 0 spiro atoms. The third-order valence-corrected chi connectivity index (χ3v) is 2.45. The van der Waals surface area contributed by atoms with Crippen LogP contribution >= 0.6 is 0 Å². The maximum atomic E-state index is 7.19. The number of ether oxygens (including phenoxy) is 1. The van der Waals surface area contributed by atoms with Gasteiger partial charge in [-0.05, 0) is 30.7 Å². The van der Waals surface area contributed by atoms with Crippen molar-refractivity contribution in [3.8, 4) is 5.75 Å². The number of hydrogen-bond donors (Lipinski definition) is 1. The topological polar surface area (TPSA) is 45.1 Å². The van der Waals surface area contributed by atoms with E-state index < -0.39 is 0 Å². The van der Waals surface area contributed by atoms with E-state index in [1.807, 2.05) is 24.3 Å². The summed E-state index contributed by atoms with van der Waals surface area (Å²) in [7, 11) is 0. The van der Waals surface area contributed by atoms with Crippen LogP contribution in [0.4, 0.5) is 0 Å². The van der Waals surface area contributed by atoms with Gasteiger partial charge in [0.1, 0.15) is 11.9 Å². The first kappa shape index (κ1) is 9.49. The SMILES string of the molecule is [NH]Cc1ccc(OC2CCNC2)cc1. The Bertz CT molecular complexity index is 278. The van der Waals surface area contributed by atoms with Crippen LogP contribution in [0.2, 0.25) is 0 Å². The van der Waals surface area contributed by atoms with Crippen LogP contribution in [0, 0.1) is 0 Å². The van der Waals surface area contributed by atoms with Crippen LogP contribution in [0.3, 0.4) is 0 Å². The molecule has 1 saturated heterocycles. The van der Waals surface area contributed by atoms with Crippen molar-refractivity contribution in [1.82, 2.24) is 11.1 Å². The first-order valence-corrected chi connectivity index (χ1v) is 4.99. The molecule has 1 fully saturated rings. The average Bonchev–Trinajstić information content (AvgIpc) is 2.72. The molecule has 0 aliphatic carbocycles. The highest BCUT2D eigenvalue weighted by molar-refractivity contribution is 5.27. The number of benzene rings is 1. The molecule has 1 aromatic carbocycles. The van der Waals surface area contributed by atoms with Crippen LogP contribution in [0.1, 0.15) is 12.0 Å². The van der Waals surface area contributed by atoms with E-state index in [2.05, 4.69) is 5.32 Å². The first-order chi connectivity index (χ1) is 6.88. The predicted molar refractivity (Wildman–Crippen MR) is 55.1 cm³/mol. The van der Waals surface area contributed by atoms with Crippen molar-refractivity contribution in [2.45, 2.75) is 19.1 Å². The molecular weight excluding hydrogens is 176 g/mol. The number of nitrogens with one attached hydrogen (secondary N) is 2. The molecule has 1 unspecified atom stereocenters. The molecule has 75 valence electrons. The fraction of sp³-hybridized carbons (Fsp3) is 0.455. The van der Waals surface area contributed by atoms with Gasteiger partial charge in [-0.15, -0.1) is 0 Å². The van der Waals surface area contributed by atoms with Gasteiger partial charge in [-0.1, -0.05) is 12.1 Å². The maximum absolute atomic E-state index is 7.19. The molecular formula is C11H15N2O. The lowest BCUT2D eigenvalue weighted by Crippen LogP contribution is -2.19. The highest BCUT2D eigenvalue weighted by atomic mass is 16.5. The number of hydrogen-bond acceptors (Lipinski definition) is 2. The summed E-state index contributed by atoms with van der Waals surface area (Å²) in [6.07, 6.45) is 1.40. The van der Waals surface area contributed by atoms with E-state index >= 15 is 0 Å². The van der Waals surface area contributed by atoms with Gasteiger partial charge < -0.3 is 10.1 Å². The second-order valence-corrected chi connectivity index (χ2v) is 3.55. The highest BCUT2D eigenvalue weighted by Gasteiger charge is 2.15. The third-order valence-electron chi connectivity index (χ3n) is 2.45. The van der Waals surface area contributed by atoms with Crippen LogP contribution in [0.25, 0.3) is 0 Å². The third kappa shape index (κ3) is 2.25. The second-order valence-electron chi connectivity index (χ2n) is 3.55. The predicted octanol–water partition coefficient (Wildman–Crippen LogP) is 1.21. The van der Waals surface area contributed by atoms with Crippen LogP contribution in [0.15, 0.2) is 24.3 Å². The minimum atomic E-state index is 0.317. The van der Waals surface area contributed by atoms with Crippen LogP contribution in [0.5, 0.6) is 5.75 Å². The molecule has 0 aromatic heterocycles. The van der Waals surface area contributed by atoms with E-state index in [9.17, 15) is 0 Å². The molecule has 14 heavy (non-hydrogen) atoms. The Labute approximate surface area is 84.3 Å². The molecule has 1 atom stereocenters. The van der Waals surface area contributed by atoms with Crippen molar-refractivity contribution in [3.63, 3.8) is 0 Å². The minimum Gasteiger partial charge on any atom is -0.489 e.